The fourth-order valence-electron chi connectivity index (χ4n) is 1.85. The topological polar surface area (TPSA) is 109 Å². The van der Waals surface area contributed by atoms with E-state index in [0.29, 0.717) is 11.6 Å². The summed E-state index contributed by atoms with van der Waals surface area (Å²) in [5.41, 5.74) is 1.10. The highest BCUT2D eigenvalue weighted by Gasteiger charge is 2.16. The molecule has 0 aliphatic carbocycles. The van der Waals surface area contributed by atoms with Crippen molar-refractivity contribution in [2.45, 2.75) is 13.0 Å². The Balaban J connectivity index is 1.72. The van der Waals surface area contributed by atoms with Gasteiger partial charge in [0.15, 0.2) is 5.82 Å². The van der Waals surface area contributed by atoms with Crippen molar-refractivity contribution >= 4 is 5.91 Å². The lowest BCUT2D eigenvalue weighted by atomic mass is 10.2. The molecule has 110 valence electrons. The van der Waals surface area contributed by atoms with Crippen molar-refractivity contribution in [3.05, 3.63) is 54.6 Å². The number of hydrogen-bond donors (Lipinski definition) is 2. The lowest BCUT2D eigenvalue weighted by molar-refractivity contribution is 0.0933. The Hall–Kier alpha value is -3.16. The van der Waals surface area contributed by atoms with E-state index in [4.69, 9.17) is 0 Å². The maximum absolute atomic E-state index is 12.0. The average Bonchev–Trinajstić information content (AvgIpc) is 3.06. The zero-order valence-corrected chi connectivity index (χ0v) is 11.8. The van der Waals surface area contributed by atoms with Crippen LogP contribution in [0.1, 0.15) is 29.3 Å². The summed E-state index contributed by atoms with van der Waals surface area (Å²) in [5, 5.41) is 9.76. The highest BCUT2D eigenvalue weighted by atomic mass is 16.1. The minimum atomic E-state index is -0.336. The van der Waals surface area contributed by atoms with Crippen molar-refractivity contribution < 1.29 is 4.79 Å². The Morgan fingerprint density at radius 2 is 2.00 bits per heavy atom. The number of pyridine rings is 1. The molecular formula is C14H13N7O. The third kappa shape index (κ3) is 2.95. The number of aromatic nitrogens is 6. The summed E-state index contributed by atoms with van der Waals surface area (Å²) in [7, 11) is 0. The number of nitrogens with one attached hydrogen (secondary N) is 2. The van der Waals surface area contributed by atoms with E-state index in [2.05, 4.69) is 35.5 Å². The molecule has 0 saturated carbocycles. The van der Waals surface area contributed by atoms with Gasteiger partial charge in [-0.15, -0.1) is 0 Å². The van der Waals surface area contributed by atoms with E-state index in [9.17, 15) is 4.79 Å². The van der Waals surface area contributed by atoms with Gasteiger partial charge in [-0.3, -0.25) is 19.9 Å². The van der Waals surface area contributed by atoms with Crippen LogP contribution in [-0.4, -0.2) is 36.0 Å². The third-order valence-corrected chi connectivity index (χ3v) is 2.99. The Morgan fingerprint density at radius 1 is 1.18 bits per heavy atom. The molecule has 1 amide bonds. The third-order valence-electron chi connectivity index (χ3n) is 2.99. The second-order valence-corrected chi connectivity index (χ2v) is 4.57. The van der Waals surface area contributed by atoms with Crippen LogP contribution in [0.5, 0.6) is 0 Å². The molecule has 0 fully saturated rings. The smallest absolute Gasteiger partial charge is 0.272 e. The summed E-state index contributed by atoms with van der Waals surface area (Å²) in [4.78, 5) is 28.2. The molecule has 0 aliphatic rings. The van der Waals surface area contributed by atoms with Crippen molar-refractivity contribution in [3.63, 3.8) is 0 Å². The molecule has 0 spiro atoms. The summed E-state index contributed by atoms with van der Waals surface area (Å²) in [6.45, 7) is 1.81. The highest BCUT2D eigenvalue weighted by molar-refractivity contribution is 5.92. The van der Waals surface area contributed by atoms with E-state index in [1.54, 1.807) is 12.4 Å². The molecular weight excluding hydrogens is 282 g/mol. The molecule has 3 rings (SSSR count). The monoisotopic (exact) mass is 295 g/mol. The van der Waals surface area contributed by atoms with Crippen molar-refractivity contribution in [3.8, 4) is 11.4 Å². The molecule has 3 aromatic rings. The first-order chi connectivity index (χ1) is 10.7. The first-order valence-corrected chi connectivity index (χ1v) is 6.63. The van der Waals surface area contributed by atoms with Crippen LogP contribution in [0.25, 0.3) is 11.4 Å². The highest BCUT2D eigenvalue weighted by Crippen LogP contribution is 2.15. The first kappa shape index (κ1) is 13.8. The normalized spacial score (nSPS) is 11.9. The van der Waals surface area contributed by atoms with Gasteiger partial charge >= 0.3 is 0 Å². The maximum atomic E-state index is 12.0. The van der Waals surface area contributed by atoms with Crippen LogP contribution < -0.4 is 5.32 Å². The molecule has 3 heterocycles. The van der Waals surface area contributed by atoms with E-state index in [1.165, 1.54) is 18.6 Å². The predicted molar refractivity (Wildman–Crippen MR) is 77.5 cm³/mol. The van der Waals surface area contributed by atoms with Crippen LogP contribution in [0.3, 0.4) is 0 Å². The van der Waals surface area contributed by atoms with Gasteiger partial charge in [0, 0.05) is 30.4 Å². The maximum Gasteiger partial charge on any atom is 0.272 e. The van der Waals surface area contributed by atoms with Gasteiger partial charge in [-0.25, -0.2) is 9.97 Å². The number of amides is 1. The van der Waals surface area contributed by atoms with E-state index in [0.717, 1.165) is 5.56 Å². The van der Waals surface area contributed by atoms with Crippen LogP contribution in [0.2, 0.25) is 0 Å². The number of hydrogen-bond acceptors (Lipinski definition) is 6. The fraction of sp³-hybridized carbons (Fsp3) is 0.143. The molecule has 0 aliphatic heterocycles. The van der Waals surface area contributed by atoms with Gasteiger partial charge in [0.2, 0.25) is 0 Å². The summed E-state index contributed by atoms with van der Waals surface area (Å²) in [6, 6.07) is 3.29. The van der Waals surface area contributed by atoms with Crippen molar-refractivity contribution in [2.24, 2.45) is 0 Å². The van der Waals surface area contributed by atoms with Gasteiger partial charge in [-0.1, -0.05) is 0 Å². The number of carbonyl (C=O) groups excluding carboxylic acids is 1. The molecule has 8 heteroatoms. The number of aromatic amines is 1. The summed E-state index contributed by atoms with van der Waals surface area (Å²) in [5.74, 6) is 0.796. The molecule has 0 saturated heterocycles. The number of H-pyrrole nitrogens is 1. The Bertz CT molecular complexity index is 757. The van der Waals surface area contributed by atoms with E-state index >= 15 is 0 Å². The van der Waals surface area contributed by atoms with Crippen molar-refractivity contribution in [2.75, 3.05) is 0 Å². The standard InChI is InChI=1S/C14H13N7O/c1-9(18-14(22)11-8-16-6-7-17-11)12-19-13(21-20-12)10-2-4-15-5-3-10/h2-9H,1H3,(H,18,22)(H,19,20,21)/t9-/m0/s1. The fourth-order valence-corrected chi connectivity index (χ4v) is 1.85. The molecule has 3 aromatic heterocycles. The van der Waals surface area contributed by atoms with Crippen LogP contribution in [0.4, 0.5) is 0 Å². The SMILES string of the molecule is C[C@H](NC(=O)c1cnccn1)c1nc(-c2ccncc2)n[nH]1. The number of nitrogens with zero attached hydrogens (tertiary/aromatic N) is 5. The minimum Gasteiger partial charge on any atom is -0.341 e. The molecule has 0 bridgehead atoms. The molecule has 0 unspecified atom stereocenters. The zero-order chi connectivity index (χ0) is 15.4. The van der Waals surface area contributed by atoms with Gasteiger partial charge in [-0.2, -0.15) is 5.10 Å². The molecule has 2 N–H and O–H groups in total. The Labute approximate surface area is 126 Å². The summed E-state index contributed by atoms with van der Waals surface area (Å²) < 4.78 is 0. The molecule has 22 heavy (non-hydrogen) atoms. The van der Waals surface area contributed by atoms with Gasteiger partial charge in [0.05, 0.1) is 12.2 Å². The second kappa shape index (κ2) is 6.08. The molecule has 1 atom stereocenters. The van der Waals surface area contributed by atoms with E-state index in [1.807, 2.05) is 19.1 Å². The average molecular weight is 295 g/mol. The Morgan fingerprint density at radius 3 is 2.73 bits per heavy atom. The van der Waals surface area contributed by atoms with Gasteiger partial charge in [-0.05, 0) is 19.1 Å². The number of rotatable bonds is 4. The van der Waals surface area contributed by atoms with Crippen molar-refractivity contribution in [1.29, 1.82) is 0 Å². The van der Waals surface area contributed by atoms with Gasteiger partial charge < -0.3 is 5.32 Å². The van der Waals surface area contributed by atoms with Crippen LogP contribution in [-0.2, 0) is 0 Å². The summed E-state index contributed by atoms with van der Waals surface area (Å²) >= 11 is 0. The van der Waals surface area contributed by atoms with Crippen molar-refractivity contribution in [1.82, 2.24) is 35.5 Å². The molecule has 0 radical (unpaired) electrons. The predicted octanol–water partition coefficient (Wildman–Crippen LogP) is 1.15. The van der Waals surface area contributed by atoms with Crippen LogP contribution >= 0.6 is 0 Å². The Kier molecular flexibility index (Phi) is 3.82. The number of carbonyl (C=O) groups is 1. The first-order valence-electron chi connectivity index (χ1n) is 6.63. The second-order valence-electron chi connectivity index (χ2n) is 4.57. The van der Waals surface area contributed by atoms with E-state index in [-0.39, 0.29) is 17.6 Å². The van der Waals surface area contributed by atoms with Crippen LogP contribution in [0, 0.1) is 0 Å². The summed E-state index contributed by atoms with van der Waals surface area (Å²) in [6.07, 6.45) is 7.73. The van der Waals surface area contributed by atoms with Gasteiger partial charge in [0.25, 0.3) is 5.91 Å². The largest absolute Gasteiger partial charge is 0.341 e. The van der Waals surface area contributed by atoms with E-state index < -0.39 is 0 Å². The molecule has 8 nitrogen and oxygen atoms in total. The lowest BCUT2D eigenvalue weighted by Gasteiger charge is -2.09. The zero-order valence-electron chi connectivity index (χ0n) is 11.8. The lowest BCUT2D eigenvalue weighted by Crippen LogP contribution is -2.28. The van der Waals surface area contributed by atoms with Crippen LogP contribution in [0.15, 0.2) is 43.1 Å². The minimum absolute atomic E-state index is 0.253. The quantitative estimate of drug-likeness (QED) is 0.747. The molecule has 0 aromatic carbocycles. The van der Waals surface area contributed by atoms with Gasteiger partial charge in [0.1, 0.15) is 11.5 Å².